The van der Waals surface area contributed by atoms with E-state index < -0.39 is 0 Å². The topological polar surface area (TPSA) is 58.6 Å². The van der Waals surface area contributed by atoms with Crippen LogP contribution in [0.25, 0.3) is 0 Å². The van der Waals surface area contributed by atoms with Crippen molar-refractivity contribution in [3.8, 4) is 11.5 Å². The third kappa shape index (κ3) is 5.34. The number of ether oxygens (including phenoxy) is 1. The molecule has 2 aromatic carbocycles. The summed E-state index contributed by atoms with van der Waals surface area (Å²) < 4.78 is 5.52. The SMILES string of the molecule is Cc1ccc(O)c(NC(=O)CCCOc2ccc(Cl)cc2Cl)c1. The zero-order valence-electron chi connectivity index (χ0n) is 12.6. The van der Waals surface area contributed by atoms with Gasteiger partial charge in [0.15, 0.2) is 0 Å². The molecule has 23 heavy (non-hydrogen) atoms. The Hall–Kier alpha value is -1.91. The maximum atomic E-state index is 11.9. The molecule has 0 spiro atoms. The van der Waals surface area contributed by atoms with Gasteiger partial charge in [-0.15, -0.1) is 0 Å². The van der Waals surface area contributed by atoms with Crippen LogP contribution < -0.4 is 10.1 Å². The van der Waals surface area contributed by atoms with Crippen LogP contribution in [0.4, 0.5) is 5.69 Å². The summed E-state index contributed by atoms with van der Waals surface area (Å²) in [6, 6.07) is 10.0. The van der Waals surface area contributed by atoms with E-state index in [1.807, 2.05) is 6.92 Å². The molecule has 0 bridgehead atoms. The van der Waals surface area contributed by atoms with Crippen molar-refractivity contribution >= 4 is 34.8 Å². The molecule has 4 nitrogen and oxygen atoms in total. The molecule has 0 saturated heterocycles. The highest BCUT2D eigenvalue weighted by molar-refractivity contribution is 6.35. The average Bonchev–Trinajstić information content (AvgIpc) is 2.49. The first-order valence-corrected chi connectivity index (χ1v) is 7.88. The fraction of sp³-hybridized carbons (Fsp3) is 0.235. The zero-order chi connectivity index (χ0) is 16.8. The Kier molecular flexibility index (Phi) is 6.13. The number of phenolic OH excluding ortho intramolecular Hbond substituents is 1. The molecule has 0 fully saturated rings. The lowest BCUT2D eigenvalue weighted by Crippen LogP contribution is -2.13. The van der Waals surface area contributed by atoms with Crippen LogP contribution in [0.3, 0.4) is 0 Å². The molecule has 2 rings (SSSR count). The van der Waals surface area contributed by atoms with Gasteiger partial charge in [-0.3, -0.25) is 4.79 Å². The van der Waals surface area contributed by atoms with Gasteiger partial charge in [-0.2, -0.15) is 0 Å². The van der Waals surface area contributed by atoms with Gasteiger partial charge in [-0.05, 0) is 49.2 Å². The first-order chi connectivity index (χ1) is 11.0. The molecule has 0 unspecified atom stereocenters. The Balaban J connectivity index is 1.77. The minimum Gasteiger partial charge on any atom is -0.506 e. The highest BCUT2D eigenvalue weighted by Crippen LogP contribution is 2.27. The summed E-state index contributed by atoms with van der Waals surface area (Å²) in [4.78, 5) is 11.9. The van der Waals surface area contributed by atoms with E-state index in [2.05, 4.69) is 5.32 Å². The van der Waals surface area contributed by atoms with Crippen LogP contribution in [0, 0.1) is 6.92 Å². The first-order valence-electron chi connectivity index (χ1n) is 7.13. The molecule has 0 radical (unpaired) electrons. The van der Waals surface area contributed by atoms with Gasteiger partial charge in [0.2, 0.25) is 5.91 Å². The summed E-state index contributed by atoms with van der Waals surface area (Å²) in [5.41, 5.74) is 1.37. The van der Waals surface area contributed by atoms with Crippen LogP contribution in [0.15, 0.2) is 36.4 Å². The molecule has 0 atom stereocenters. The highest BCUT2D eigenvalue weighted by Gasteiger charge is 2.07. The number of benzene rings is 2. The van der Waals surface area contributed by atoms with Crippen molar-refractivity contribution in [3.05, 3.63) is 52.0 Å². The summed E-state index contributed by atoms with van der Waals surface area (Å²) in [5.74, 6) is 0.401. The monoisotopic (exact) mass is 353 g/mol. The predicted molar refractivity (Wildman–Crippen MR) is 92.7 cm³/mol. The molecule has 2 N–H and O–H groups in total. The van der Waals surface area contributed by atoms with Gasteiger partial charge in [0.1, 0.15) is 11.5 Å². The van der Waals surface area contributed by atoms with E-state index in [-0.39, 0.29) is 18.1 Å². The van der Waals surface area contributed by atoms with Gasteiger partial charge in [0, 0.05) is 11.4 Å². The van der Waals surface area contributed by atoms with Crippen LogP contribution in [0.2, 0.25) is 10.0 Å². The quantitative estimate of drug-likeness (QED) is 0.578. The number of aromatic hydroxyl groups is 1. The van der Waals surface area contributed by atoms with Gasteiger partial charge in [0.25, 0.3) is 0 Å². The number of nitrogens with one attached hydrogen (secondary N) is 1. The summed E-state index contributed by atoms with van der Waals surface area (Å²) in [5, 5.41) is 13.4. The van der Waals surface area contributed by atoms with Crippen LogP contribution >= 0.6 is 23.2 Å². The van der Waals surface area contributed by atoms with Gasteiger partial charge in [0.05, 0.1) is 17.3 Å². The number of rotatable bonds is 6. The number of phenols is 1. The molecular weight excluding hydrogens is 337 g/mol. The minimum atomic E-state index is -0.184. The predicted octanol–water partition coefficient (Wildman–Crippen LogP) is 4.81. The number of carbonyl (C=O) groups is 1. The van der Waals surface area contributed by atoms with Gasteiger partial charge in [-0.25, -0.2) is 0 Å². The van der Waals surface area contributed by atoms with Gasteiger partial charge < -0.3 is 15.2 Å². The normalized spacial score (nSPS) is 10.4. The van der Waals surface area contributed by atoms with Crippen molar-refractivity contribution in [3.63, 3.8) is 0 Å². The fourth-order valence-corrected chi connectivity index (χ4v) is 2.43. The molecule has 0 aromatic heterocycles. The maximum Gasteiger partial charge on any atom is 0.224 e. The standard InChI is InChI=1S/C17H17Cl2NO3/c1-11-4-6-15(21)14(9-11)20-17(22)3-2-8-23-16-7-5-12(18)10-13(16)19/h4-7,9-10,21H,2-3,8H2,1H3,(H,20,22). The van der Waals surface area contributed by atoms with Crippen LogP contribution in [0.5, 0.6) is 11.5 Å². The van der Waals surface area contributed by atoms with Crippen molar-refractivity contribution in [1.82, 2.24) is 0 Å². The van der Waals surface area contributed by atoms with Crippen LogP contribution in [-0.4, -0.2) is 17.6 Å². The van der Waals surface area contributed by atoms with E-state index >= 15 is 0 Å². The molecular formula is C17H17Cl2NO3. The lowest BCUT2D eigenvalue weighted by molar-refractivity contribution is -0.116. The number of anilines is 1. The second kappa shape index (κ2) is 8.09. The van der Waals surface area contributed by atoms with Crippen molar-refractivity contribution in [2.45, 2.75) is 19.8 Å². The Bertz CT molecular complexity index is 704. The molecule has 122 valence electrons. The van der Waals surface area contributed by atoms with Gasteiger partial charge >= 0.3 is 0 Å². The van der Waals surface area contributed by atoms with E-state index in [0.717, 1.165) is 5.56 Å². The van der Waals surface area contributed by atoms with E-state index in [4.69, 9.17) is 27.9 Å². The molecule has 0 heterocycles. The molecule has 6 heteroatoms. The largest absolute Gasteiger partial charge is 0.506 e. The average molecular weight is 354 g/mol. The number of halogens is 2. The van der Waals surface area contributed by atoms with E-state index in [1.165, 1.54) is 0 Å². The van der Waals surface area contributed by atoms with Crippen molar-refractivity contribution in [1.29, 1.82) is 0 Å². The third-order valence-electron chi connectivity index (χ3n) is 3.13. The Labute approximate surface area is 145 Å². The summed E-state index contributed by atoms with van der Waals surface area (Å²) in [7, 11) is 0. The second-order valence-electron chi connectivity index (χ2n) is 5.10. The smallest absolute Gasteiger partial charge is 0.224 e. The van der Waals surface area contributed by atoms with E-state index in [9.17, 15) is 9.90 Å². The van der Waals surface area contributed by atoms with Crippen molar-refractivity contribution < 1.29 is 14.6 Å². The number of amides is 1. The van der Waals surface area contributed by atoms with E-state index in [1.54, 1.807) is 36.4 Å². The number of hydrogen-bond donors (Lipinski definition) is 2. The Morgan fingerprint density at radius 3 is 2.74 bits per heavy atom. The summed E-state index contributed by atoms with van der Waals surface area (Å²) in [6.45, 7) is 2.24. The first kappa shape index (κ1) is 17.4. The Morgan fingerprint density at radius 1 is 1.22 bits per heavy atom. The second-order valence-corrected chi connectivity index (χ2v) is 5.94. The highest BCUT2D eigenvalue weighted by atomic mass is 35.5. The molecule has 0 aliphatic carbocycles. The molecule has 0 saturated carbocycles. The van der Waals surface area contributed by atoms with Crippen molar-refractivity contribution in [2.24, 2.45) is 0 Å². The fourth-order valence-electron chi connectivity index (χ4n) is 1.97. The molecule has 2 aromatic rings. The summed E-state index contributed by atoms with van der Waals surface area (Å²) >= 11 is 11.8. The third-order valence-corrected chi connectivity index (χ3v) is 3.66. The lowest BCUT2D eigenvalue weighted by Gasteiger charge is -2.10. The van der Waals surface area contributed by atoms with Crippen molar-refractivity contribution in [2.75, 3.05) is 11.9 Å². The molecule has 0 aliphatic heterocycles. The minimum absolute atomic E-state index is 0.0492. The number of carbonyl (C=O) groups excluding carboxylic acids is 1. The number of aryl methyl sites for hydroxylation is 1. The Morgan fingerprint density at radius 2 is 2.00 bits per heavy atom. The molecule has 1 amide bonds. The lowest BCUT2D eigenvalue weighted by atomic mass is 10.2. The summed E-state index contributed by atoms with van der Waals surface area (Å²) in [6.07, 6.45) is 0.802. The van der Waals surface area contributed by atoms with Crippen LogP contribution in [0.1, 0.15) is 18.4 Å². The maximum absolute atomic E-state index is 11.9. The number of hydrogen-bond acceptors (Lipinski definition) is 3. The van der Waals surface area contributed by atoms with Gasteiger partial charge in [-0.1, -0.05) is 29.3 Å². The zero-order valence-corrected chi connectivity index (χ0v) is 14.1. The van der Waals surface area contributed by atoms with E-state index in [0.29, 0.717) is 34.5 Å². The molecule has 0 aliphatic rings. The van der Waals surface area contributed by atoms with Crippen LogP contribution in [-0.2, 0) is 4.79 Å².